The standard InChI is InChI=1S/C19H19ClFN7O.Tl/c1-2-15-17(27-10-13(20)9-24-19(27)26-15)18(29)23-8-12-3-4-16(14(21)7-12)28-6-5-22-11-25-28;/h3-4,7,9-11H,2,5-6,8H2,1H3,(H2,22,23,25,29);/q;+1/p-1. The van der Waals surface area contributed by atoms with Crippen LogP contribution in [-0.4, -0.2) is 68.5 Å². The molecule has 1 aromatic carbocycles. The number of fused-ring (bicyclic) bond motifs is 1. The van der Waals surface area contributed by atoms with E-state index in [9.17, 15) is 9.18 Å². The number of rotatable bonds is 5. The summed E-state index contributed by atoms with van der Waals surface area (Å²) >= 11 is 6.71. The molecule has 0 spiro atoms. The molecule has 3 aromatic rings. The third-order valence-electron chi connectivity index (χ3n) is 4.72. The number of halogens is 2. The maximum absolute atomic E-state index is 14.6. The van der Waals surface area contributed by atoms with Gasteiger partial charge in [-0.25, -0.2) is 9.97 Å². The molecule has 0 radical (unpaired) electrons. The predicted molar refractivity (Wildman–Crippen MR) is 113 cm³/mol. The molecule has 1 aliphatic rings. The SMILES string of the molecule is CCc1nc2ncc(Cl)cn2c1C(=O)NCc1ccc(N2CC[N]([Tl])C=N2)c(F)c1. The Labute approximate surface area is 193 Å². The second-order valence-electron chi connectivity index (χ2n) is 6.76. The van der Waals surface area contributed by atoms with Gasteiger partial charge in [-0.2, -0.15) is 0 Å². The van der Waals surface area contributed by atoms with Crippen LogP contribution >= 0.6 is 11.6 Å². The minimum absolute atomic E-state index is 0.180. The summed E-state index contributed by atoms with van der Waals surface area (Å²) in [5, 5.41) is 9.17. The molecule has 0 unspecified atom stereocenters. The maximum atomic E-state index is 14.6. The molecule has 1 N–H and O–H groups in total. The average Bonchev–Trinajstić information content (AvgIpc) is 3.10. The van der Waals surface area contributed by atoms with Crippen molar-refractivity contribution in [1.82, 2.24) is 22.4 Å². The molecule has 1 aliphatic heterocycles. The molecule has 8 nitrogen and oxygen atoms in total. The number of amides is 1. The van der Waals surface area contributed by atoms with Crippen LogP contribution in [-0.2, 0) is 13.0 Å². The van der Waals surface area contributed by atoms with Gasteiger partial charge in [-0.05, 0) is 6.42 Å². The number of benzene rings is 1. The first-order valence-corrected chi connectivity index (χ1v) is 11.8. The molecule has 3 heterocycles. The Morgan fingerprint density at radius 1 is 1.37 bits per heavy atom. The first kappa shape index (κ1) is 21.0. The van der Waals surface area contributed by atoms with E-state index in [1.807, 2.05) is 6.92 Å². The third kappa shape index (κ3) is 4.26. The molecule has 0 atom stereocenters. The molecule has 11 heteroatoms. The van der Waals surface area contributed by atoms with Crippen LogP contribution in [0.5, 0.6) is 0 Å². The molecule has 0 aliphatic carbocycles. The summed E-state index contributed by atoms with van der Waals surface area (Å²) in [7, 11) is 0. The second-order valence-corrected chi connectivity index (χ2v) is 9.78. The van der Waals surface area contributed by atoms with Crippen molar-refractivity contribution < 1.29 is 9.18 Å². The van der Waals surface area contributed by atoms with Crippen molar-refractivity contribution in [2.24, 2.45) is 5.10 Å². The first-order chi connectivity index (χ1) is 14.5. The predicted octanol–water partition coefficient (Wildman–Crippen LogP) is 2.16. The summed E-state index contributed by atoms with van der Waals surface area (Å²) in [6.45, 7) is 3.57. The van der Waals surface area contributed by atoms with Crippen molar-refractivity contribution in [3.63, 3.8) is 0 Å². The zero-order chi connectivity index (χ0) is 21.3. The second kappa shape index (κ2) is 8.84. The van der Waals surface area contributed by atoms with Crippen LogP contribution in [0.2, 0.25) is 5.02 Å². The number of nitrogens with one attached hydrogen (secondary N) is 1. The molecule has 4 rings (SSSR count). The van der Waals surface area contributed by atoms with E-state index in [0.29, 0.717) is 72.5 Å². The molecule has 0 bridgehead atoms. The van der Waals surface area contributed by atoms with E-state index < -0.39 is 0 Å². The van der Waals surface area contributed by atoms with Gasteiger partial charge in [0.1, 0.15) is 0 Å². The van der Waals surface area contributed by atoms with E-state index in [4.69, 9.17) is 11.6 Å². The summed E-state index contributed by atoms with van der Waals surface area (Å²) in [6, 6.07) is 4.90. The summed E-state index contributed by atoms with van der Waals surface area (Å²) in [5.74, 6) is -0.280. The fourth-order valence-corrected chi connectivity index (χ4v) is 4.04. The van der Waals surface area contributed by atoms with Crippen molar-refractivity contribution in [2.75, 3.05) is 18.1 Å². The summed E-state index contributed by atoms with van der Waals surface area (Å²) < 4.78 is 18.3. The topological polar surface area (TPSA) is 78.1 Å². The minimum atomic E-state index is -0.372. The van der Waals surface area contributed by atoms with Gasteiger partial charge in [-0.3, -0.25) is 4.40 Å². The van der Waals surface area contributed by atoms with E-state index in [2.05, 4.69) is 23.1 Å². The number of anilines is 1. The average molecular weight is 619 g/mol. The van der Waals surface area contributed by atoms with Crippen LogP contribution in [0.4, 0.5) is 10.1 Å². The van der Waals surface area contributed by atoms with Crippen molar-refractivity contribution in [2.45, 2.75) is 19.9 Å². The van der Waals surface area contributed by atoms with Gasteiger partial charge >= 0.3 is 126 Å². The zero-order valence-electron chi connectivity index (χ0n) is 16.2. The summed E-state index contributed by atoms with van der Waals surface area (Å²) in [4.78, 5) is 21.4. The fourth-order valence-electron chi connectivity index (χ4n) is 3.22. The van der Waals surface area contributed by atoms with Crippen molar-refractivity contribution >= 4 is 61.4 Å². The number of aryl methyl sites for hydroxylation is 1. The van der Waals surface area contributed by atoms with Gasteiger partial charge in [-0.15, -0.1) is 0 Å². The van der Waals surface area contributed by atoms with Crippen molar-refractivity contribution in [3.8, 4) is 0 Å². The Morgan fingerprint density at radius 2 is 2.20 bits per heavy atom. The number of carbonyl (C=O) groups excluding carboxylic acids is 1. The number of carbonyl (C=O) groups is 1. The molecule has 0 fully saturated rings. The van der Waals surface area contributed by atoms with Gasteiger partial charge in [0.05, 0.1) is 16.9 Å². The van der Waals surface area contributed by atoms with Gasteiger partial charge in [0, 0.05) is 6.20 Å². The molecule has 152 valence electrons. The van der Waals surface area contributed by atoms with Gasteiger partial charge in [0.15, 0.2) is 0 Å². The Balaban J connectivity index is 1.51. The monoisotopic (exact) mass is 619 g/mol. The van der Waals surface area contributed by atoms with E-state index in [1.54, 1.807) is 34.1 Å². The fraction of sp³-hybridized carbons (Fsp3) is 0.263. The molecular weight excluding hydrogens is 601 g/mol. The number of hydrogen-bond acceptors (Lipinski definition) is 6. The number of hydrazone groups is 1. The van der Waals surface area contributed by atoms with Crippen molar-refractivity contribution in [3.05, 3.63) is 58.4 Å². The Hall–Kier alpha value is -2.28. The Kier molecular flexibility index (Phi) is 6.18. The molecule has 0 saturated heterocycles. The van der Waals surface area contributed by atoms with Gasteiger partial charge < -0.3 is 0 Å². The molecular formula is C19H18ClFN7OTl. The quantitative estimate of drug-likeness (QED) is 0.444. The van der Waals surface area contributed by atoms with Crippen LogP contribution in [0, 0.1) is 5.82 Å². The van der Waals surface area contributed by atoms with Gasteiger partial charge in [-0.1, -0.05) is 18.5 Å². The summed E-state index contributed by atoms with van der Waals surface area (Å²) in [5.41, 5.74) is 2.09. The van der Waals surface area contributed by atoms with Crippen LogP contribution in [0.1, 0.15) is 28.7 Å². The molecule has 0 saturated carbocycles. The molecule has 2 aromatic heterocycles. The van der Waals surface area contributed by atoms with E-state index in [-0.39, 0.29) is 18.3 Å². The van der Waals surface area contributed by atoms with Crippen LogP contribution in [0.3, 0.4) is 0 Å². The first-order valence-electron chi connectivity index (χ1n) is 9.38. The van der Waals surface area contributed by atoms with Crippen molar-refractivity contribution in [1.29, 1.82) is 0 Å². The van der Waals surface area contributed by atoms with Crippen LogP contribution < -0.4 is 10.3 Å². The van der Waals surface area contributed by atoms with E-state index >= 15 is 0 Å². The van der Waals surface area contributed by atoms with Crippen LogP contribution in [0.25, 0.3) is 5.78 Å². The number of imidazole rings is 1. The number of aromatic nitrogens is 3. The van der Waals surface area contributed by atoms with Crippen LogP contribution in [0.15, 0.2) is 35.7 Å². The van der Waals surface area contributed by atoms with Gasteiger partial charge in [0.2, 0.25) is 5.78 Å². The summed E-state index contributed by atoms with van der Waals surface area (Å²) in [6.07, 6.45) is 5.41. The molecule has 30 heavy (non-hydrogen) atoms. The Bertz CT molecular complexity index is 1140. The number of hydrogen-bond donors (Lipinski definition) is 1. The molecule has 1 amide bonds. The van der Waals surface area contributed by atoms with E-state index in [1.165, 1.54) is 12.3 Å². The van der Waals surface area contributed by atoms with Gasteiger partial charge in [0.25, 0.3) is 0 Å². The zero-order valence-corrected chi connectivity index (χ0v) is 21.5. The Morgan fingerprint density at radius 3 is 2.90 bits per heavy atom. The van der Waals surface area contributed by atoms with E-state index in [0.717, 1.165) is 6.54 Å². The third-order valence-corrected chi connectivity index (χ3v) is 6.44. The number of nitrogens with zero attached hydrogens (tertiary/aromatic N) is 6. The normalized spacial score (nSPS) is 13.8.